The molecule has 0 aliphatic carbocycles. The zero-order valence-electron chi connectivity index (χ0n) is 17.5. The van der Waals surface area contributed by atoms with Gasteiger partial charge in [-0.25, -0.2) is 4.99 Å². The third-order valence-corrected chi connectivity index (χ3v) is 4.12. The second-order valence-corrected chi connectivity index (χ2v) is 6.01. The van der Waals surface area contributed by atoms with Crippen molar-refractivity contribution < 1.29 is 14.3 Å². The number of hydrogen-bond acceptors (Lipinski definition) is 4. The van der Waals surface area contributed by atoms with Gasteiger partial charge in [-0.3, -0.25) is 4.79 Å². The van der Waals surface area contributed by atoms with E-state index in [-0.39, 0.29) is 5.91 Å². The second kappa shape index (κ2) is 12.0. The molecule has 7 nitrogen and oxygen atoms in total. The Labute approximate surface area is 163 Å². The summed E-state index contributed by atoms with van der Waals surface area (Å²) in [6, 6.07) is 5.80. The Kier molecular flexibility index (Phi) is 10.1. The quantitative estimate of drug-likeness (QED) is 0.500. The van der Waals surface area contributed by atoms with Gasteiger partial charge in [0.05, 0.1) is 26.8 Å². The van der Waals surface area contributed by atoms with Crippen LogP contribution in [0.4, 0.5) is 0 Å². The topological polar surface area (TPSA) is 66.4 Å². The summed E-state index contributed by atoms with van der Waals surface area (Å²) >= 11 is 0. The number of carbonyl (C=O) groups excluding carboxylic acids is 1. The predicted molar refractivity (Wildman–Crippen MR) is 110 cm³/mol. The molecule has 0 radical (unpaired) electrons. The van der Waals surface area contributed by atoms with Gasteiger partial charge in [0, 0.05) is 26.7 Å². The third-order valence-electron chi connectivity index (χ3n) is 4.12. The first kappa shape index (κ1) is 22.6. The maximum absolute atomic E-state index is 12.4. The number of nitrogens with zero attached hydrogens (tertiary/aromatic N) is 3. The van der Waals surface area contributed by atoms with Crippen molar-refractivity contribution in [3.05, 3.63) is 23.8 Å². The van der Waals surface area contributed by atoms with E-state index in [2.05, 4.69) is 10.3 Å². The Balaban J connectivity index is 2.87. The fourth-order valence-electron chi connectivity index (χ4n) is 2.68. The Morgan fingerprint density at radius 1 is 1.15 bits per heavy atom. The van der Waals surface area contributed by atoms with Gasteiger partial charge in [0.2, 0.25) is 5.91 Å². The zero-order valence-corrected chi connectivity index (χ0v) is 17.5. The molecule has 0 saturated carbocycles. The number of carbonyl (C=O) groups is 1. The van der Waals surface area contributed by atoms with Crippen molar-refractivity contribution in [2.75, 3.05) is 46.9 Å². The maximum atomic E-state index is 12.4. The molecular formula is C20H34N4O3. The fraction of sp³-hybridized carbons (Fsp3) is 0.600. The lowest BCUT2D eigenvalue weighted by atomic mass is 10.2. The fourth-order valence-corrected chi connectivity index (χ4v) is 2.68. The van der Waals surface area contributed by atoms with Gasteiger partial charge in [0.1, 0.15) is 0 Å². The number of guanidine groups is 1. The molecule has 0 aliphatic heterocycles. The predicted octanol–water partition coefficient (Wildman–Crippen LogP) is 2.36. The molecular weight excluding hydrogens is 344 g/mol. The Bertz CT molecular complexity index is 615. The van der Waals surface area contributed by atoms with Crippen molar-refractivity contribution in [1.29, 1.82) is 0 Å². The van der Waals surface area contributed by atoms with Gasteiger partial charge < -0.3 is 24.6 Å². The van der Waals surface area contributed by atoms with Crippen molar-refractivity contribution in [1.82, 2.24) is 15.1 Å². The number of nitrogens with one attached hydrogen (secondary N) is 1. The Hall–Kier alpha value is -2.44. The lowest BCUT2D eigenvalue weighted by molar-refractivity contribution is -0.131. The summed E-state index contributed by atoms with van der Waals surface area (Å²) in [6.45, 7) is 11.4. The van der Waals surface area contributed by atoms with Crippen LogP contribution >= 0.6 is 0 Å². The monoisotopic (exact) mass is 378 g/mol. The molecule has 0 saturated heterocycles. The minimum Gasteiger partial charge on any atom is -0.493 e. The minimum atomic E-state index is 0.0934. The molecule has 1 aromatic rings. The number of likely N-dealkylation sites (N-methyl/N-ethyl adjacent to an activating group) is 2. The normalized spacial score (nSPS) is 11.1. The number of rotatable bonds is 10. The summed E-state index contributed by atoms with van der Waals surface area (Å²) in [5.74, 6) is 2.21. The van der Waals surface area contributed by atoms with E-state index in [0.29, 0.717) is 44.5 Å². The minimum absolute atomic E-state index is 0.0934. The lowest BCUT2D eigenvalue weighted by Crippen LogP contribution is -2.45. The van der Waals surface area contributed by atoms with E-state index in [1.165, 1.54) is 0 Å². The largest absolute Gasteiger partial charge is 0.493 e. The van der Waals surface area contributed by atoms with Crippen LogP contribution in [0.2, 0.25) is 0 Å². The van der Waals surface area contributed by atoms with E-state index >= 15 is 0 Å². The van der Waals surface area contributed by atoms with Gasteiger partial charge in [-0.05, 0) is 45.4 Å². The van der Waals surface area contributed by atoms with E-state index in [9.17, 15) is 4.79 Å². The van der Waals surface area contributed by atoms with Crippen LogP contribution in [0, 0.1) is 0 Å². The van der Waals surface area contributed by atoms with Crippen molar-refractivity contribution in [3.63, 3.8) is 0 Å². The van der Waals surface area contributed by atoms with Crippen LogP contribution in [-0.2, 0) is 11.3 Å². The molecule has 0 aromatic heterocycles. The van der Waals surface area contributed by atoms with Crippen LogP contribution in [0.15, 0.2) is 23.2 Å². The number of ether oxygens (including phenoxy) is 2. The van der Waals surface area contributed by atoms with E-state index < -0.39 is 0 Å². The van der Waals surface area contributed by atoms with Gasteiger partial charge in [-0.1, -0.05) is 6.07 Å². The van der Waals surface area contributed by atoms with Gasteiger partial charge in [-0.15, -0.1) is 0 Å². The Morgan fingerprint density at radius 2 is 1.85 bits per heavy atom. The standard InChI is InChI=1S/C20H34N4O3/c1-7-21-20(23(5)15-19(25)24(8-2)9-3)22-14-16-11-12-17(27-10-4)18(13-16)26-6/h11-13H,7-10,14-15H2,1-6H3,(H,21,22). The van der Waals surface area contributed by atoms with E-state index in [0.717, 1.165) is 17.9 Å². The molecule has 0 spiro atoms. The van der Waals surface area contributed by atoms with Crippen LogP contribution in [0.1, 0.15) is 33.3 Å². The summed E-state index contributed by atoms with van der Waals surface area (Å²) in [5, 5.41) is 3.24. The van der Waals surface area contributed by atoms with Crippen LogP contribution in [0.5, 0.6) is 11.5 Å². The summed E-state index contributed by atoms with van der Waals surface area (Å²) in [4.78, 5) is 20.7. The molecule has 7 heteroatoms. The molecule has 152 valence electrons. The zero-order chi connectivity index (χ0) is 20.2. The first-order valence-electron chi connectivity index (χ1n) is 9.57. The van der Waals surface area contributed by atoms with E-state index in [4.69, 9.17) is 9.47 Å². The third kappa shape index (κ3) is 7.00. The molecule has 1 rings (SSSR count). The number of benzene rings is 1. The molecule has 1 N–H and O–H groups in total. The van der Waals surface area contributed by atoms with Crippen LogP contribution < -0.4 is 14.8 Å². The molecule has 0 aliphatic rings. The molecule has 0 fully saturated rings. The van der Waals surface area contributed by atoms with Crippen LogP contribution in [-0.4, -0.2) is 68.6 Å². The smallest absolute Gasteiger partial charge is 0.242 e. The molecule has 1 amide bonds. The highest BCUT2D eigenvalue weighted by Crippen LogP contribution is 2.28. The van der Waals surface area contributed by atoms with Crippen molar-refractivity contribution in [2.24, 2.45) is 4.99 Å². The van der Waals surface area contributed by atoms with Gasteiger partial charge in [0.25, 0.3) is 0 Å². The van der Waals surface area contributed by atoms with Crippen LogP contribution in [0.3, 0.4) is 0 Å². The molecule has 0 bridgehead atoms. The molecule has 0 atom stereocenters. The van der Waals surface area contributed by atoms with Gasteiger partial charge in [-0.2, -0.15) is 0 Å². The number of amides is 1. The maximum Gasteiger partial charge on any atom is 0.242 e. The molecule has 0 heterocycles. The molecule has 0 unspecified atom stereocenters. The highest BCUT2D eigenvalue weighted by Gasteiger charge is 2.15. The van der Waals surface area contributed by atoms with Crippen LogP contribution in [0.25, 0.3) is 0 Å². The molecule has 1 aromatic carbocycles. The van der Waals surface area contributed by atoms with E-state index in [1.54, 1.807) is 7.11 Å². The van der Waals surface area contributed by atoms with Crippen molar-refractivity contribution in [2.45, 2.75) is 34.2 Å². The van der Waals surface area contributed by atoms with Gasteiger partial charge in [0.15, 0.2) is 17.5 Å². The summed E-state index contributed by atoms with van der Waals surface area (Å²) in [6.07, 6.45) is 0. The number of methoxy groups -OCH3 is 1. The summed E-state index contributed by atoms with van der Waals surface area (Å²) in [5.41, 5.74) is 1.01. The SMILES string of the molecule is CCNC(=NCc1ccc(OCC)c(OC)c1)N(C)CC(=O)N(CC)CC. The average Bonchev–Trinajstić information content (AvgIpc) is 2.67. The summed E-state index contributed by atoms with van der Waals surface area (Å²) < 4.78 is 10.9. The average molecular weight is 379 g/mol. The molecule has 27 heavy (non-hydrogen) atoms. The number of aliphatic imine (C=N–C) groups is 1. The van der Waals surface area contributed by atoms with Crippen molar-refractivity contribution >= 4 is 11.9 Å². The highest BCUT2D eigenvalue weighted by molar-refractivity contribution is 5.86. The Morgan fingerprint density at radius 3 is 2.41 bits per heavy atom. The second-order valence-electron chi connectivity index (χ2n) is 6.01. The first-order chi connectivity index (χ1) is 13.0. The van der Waals surface area contributed by atoms with Crippen molar-refractivity contribution in [3.8, 4) is 11.5 Å². The highest BCUT2D eigenvalue weighted by atomic mass is 16.5. The van der Waals surface area contributed by atoms with E-state index in [1.807, 2.05) is 62.7 Å². The van der Waals surface area contributed by atoms with Gasteiger partial charge >= 0.3 is 0 Å². The lowest BCUT2D eigenvalue weighted by Gasteiger charge is -2.25. The first-order valence-corrected chi connectivity index (χ1v) is 9.57. The number of hydrogen-bond donors (Lipinski definition) is 1. The summed E-state index contributed by atoms with van der Waals surface area (Å²) in [7, 11) is 3.50.